The van der Waals surface area contributed by atoms with Crippen molar-refractivity contribution in [3.8, 4) is 0 Å². The number of urea groups is 1. The lowest BCUT2D eigenvalue weighted by atomic mass is 10.1. The maximum Gasteiger partial charge on any atom is 0.317 e. The number of ether oxygens (including phenoxy) is 3. The van der Waals surface area contributed by atoms with Gasteiger partial charge in [-0.2, -0.15) is 0 Å². The van der Waals surface area contributed by atoms with Crippen LogP contribution in [0, 0.1) is 0 Å². The Morgan fingerprint density at radius 2 is 2.13 bits per heavy atom. The van der Waals surface area contributed by atoms with Crippen molar-refractivity contribution in [3.63, 3.8) is 0 Å². The summed E-state index contributed by atoms with van der Waals surface area (Å²) in [6, 6.07) is -0.156. The molecule has 0 radical (unpaired) electrons. The van der Waals surface area contributed by atoms with Crippen molar-refractivity contribution in [1.29, 1.82) is 0 Å². The summed E-state index contributed by atoms with van der Waals surface area (Å²) in [5.74, 6) is 0.616. The second kappa shape index (κ2) is 7.20. The van der Waals surface area contributed by atoms with E-state index in [1.54, 1.807) is 25.3 Å². The second-order valence-electron chi connectivity index (χ2n) is 5.67. The van der Waals surface area contributed by atoms with Gasteiger partial charge in [0.25, 0.3) is 0 Å². The number of likely N-dealkylation sites (tertiary alicyclic amines) is 1. The Bertz CT molecular complexity index is 556. The summed E-state index contributed by atoms with van der Waals surface area (Å²) in [7, 11) is 3.26. The van der Waals surface area contributed by atoms with E-state index in [2.05, 4.69) is 15.3 Å². The minimum atomic E-state index is -0.156. The van der Waals surface area contributed by atoms with Gasteiger partial charge in [0.05, 0.1) is 38.5 Å². The maximum absolute atomic E-state index is 12.3. The quantitative estimate of drug-likeness (QED) is 0.846. The highest BCUT2D eigenvalue weighted by Crippen LogP contribution is 2.16. The van der Waals surface area contributed by atoms with Gasteiger partial charge in [0.15, 0.2) is 0 Å². The molecule has 23 heavy (non-hydrogen) atoms. The fourth-order valence-electron chi connectivity index (χ4n) is 2.89. The van der Waals surface area contributed by atoms with Gasteiger partial charge in [-0.15, -0.1) is 0 Å². The number of nitrogens with one attached hydrogen (secondary N) is 1. The Labute approximate surface area is 135 Å². The van der Waals surface area contributed by atoms with Gasteiger partial charge in [-0.25, -0.2) is 14.8 Å². The number of aromatic nitrogens is 2. The molecule has 2 atom stereocenters. The van der Waals surface area contributed by atoms with Crippen LogP contribution in [0.5, 0.6) is 0 Å². The number of hydrogen-bond acceptors (Lipinski definition) is 6. The zero-order chi connectivity index (χ0) is 16.2. The van der Waals surface area contributed by atoms with Crippen LogP contribution in [0.25, 0.3) is 0 Å². The number of amides is 2. The summed E-state index contributed by atoms with van der Waals surface area (Å²) in [6.07, 6.45) is 2.38. The molecule has 0 spiro atoms. The van der Waals surface area contributed by atoms with Gasteiger partial charge in [0.2, 0.25) is 0 Å². The molecule has 126 valence electrons. The van der Waals surface area contributed by atoms with Crippen molar-refractivity contribution in [1.82, 2.24) is 20.2 Å². The third kappa shape index (κ3) is 3.60. The monoisotopic (exact) mass is 322 g/mol. The van der Waals surface area contributed by atoms with Crippen molar-refractivity contribution >= 4 is 6.03 Å². The van der Waals surface area contributed by atoms with Gasteiger partial charge >= 0.3 is 6.03 Å². The number of nitrogens with zero attached hydrogens (tertiary/aromatic N) is 3. The largest absolute Gasteiger partial charge is 0.377 e. The van der Waals surface area contributed by atoms with E-state index in [1.807, 2.05) is 0 Å². The average Bonchev–Trinajstić information content (AvgIpc) is 3.03. The standard InChI is InChI=1S/C15H22N4O4/c1-21-12-7-19(8-13(12)22-2)15(20)17-6-14-16-5-10-9-23-4-3-11(10)18-14/h5,12-13H,3-4,6-9H2,1-2H3,(H,17,20)/t12-,13+. The molecule has 0 aromatic carbocycles. The molecule has 1 N–H and O–H groups in total. The molecule has 8 heteroatoms. The third-order valence-corrected chi connectivity index (χ3v) is 4.25. The molecule has 0 unspecified atom stereocenters. The lowest BCUT2D eigenvalue weighted by Crippen LogP contribution is -2.39. The van der Waals surface area contributed by atoms with Crippen molar-refractivity contribution in [3.05, 3.63) is 23.3 Å². The number of hydrogen-bond donors (Lipinski definition) is 1. The molecule has 8 nitrogen and oxygen atoms in total. The predicted octanol–water partition coefficient (Wildman–Crippen LogP) is 0.105. The van der Waals surface area contributed by atoms with Crippen molar-refractivity contribution in [2.45, 2.75) is 31.8 Å². The Hall–Kier alpha value is -1.77. The lowest BCUT2D eigenvalue weighted by Gasteiger charge is -2.18. The molecule has 0 aliphatic carbocycles. The van der Waals surface area contributed by atoms with Crippen LogP contribution >= 0.6 is 0 Å². The van der Waals surface area contributed by atoms with Crippen molar-refractivity contribution in [2.24, 2.45) is 0 Å². The predicted molar refractivity (Wildman–Crippen MR) is 80.8 cm³/mol. The number of methoxy groups -OCH3 is 2. The van der Waals surface area contributed by atoms with Crippen molar-refractivity contribution < 1.29 is 19.0 Å². The second-order valence-corrected chi connectivity index (χ2v) is 5.67. The Morgan fingerprint density at radius 1 is 1.39 bits per heavy atom. The van der Waals surface area contributed by atoms with E-state index in [4.69, 9.17) is 14.2 Å². The first-order valence-corrected chi connectivity index (χ1v) is 7.71. The molecule has 0 saturated carbocycles. The van der Waals surface area contributed by atoms with Crippen LogP contribution in [-0.2, 0) is 33.8 Å². The van der Waals surface area contributed by atoms with Crippen molar-refractivity contribution in [2.75, 3.05) is 33.9 Å². The molecule has 1 fully saturated rings. The lowest BCUT2D eigenvalue weighted by molar-refractivity contribution is -0.00461. The molecule has 1 aromatic heterocycles. The highest BCUT2D eigenvalue weighted by atomic mass is 16.5. The topological polar surface area (TPSA) is 85.8 Å². The smallest absolute Gasteiger partial charge is 0.317 e. The first kappa shape index (κ1) is 16.1. The number of fused-ring (bicyclic) bond motifs is 1. The summed E-state index contributed by atoms with van der Waals surface area (Å²) in [4.78, 5) is 22.7. The molecule has 2 aliphatic heterocycles. The molecule has 3 heterocycles. The van der Waals surface area contributed by atoms with E-state index in [9.17, 15) is 4.79 Å². The zero-order valence-corrected chi connectivity index (χ0v) is 13.4. The molecule has 2 amide bonds. The first-order chi connectivity index (χ1) is 11.2. The van der Waals surface area contributed by atoms with Crippen LogP contribution in [0.2, 0.25) is 0 Å². The summed E-state index contributed by atoms with van der Waals surface area (Å²) in [5.41, 5.74) is 2.03. The van der Waals surface area contributed by atoms with Crippen LogP contribution in [0.15, 0.2) is 6.20 Å². The van der Waals surface area contributed by atoms with E-state index in [0.29, 0.717) is 38.7 Å². The van der Waals surface area contributed by atoms with Gasteiger partial charge in [0.1, 0.15) is 18.0 Å². The highest BCUT2D eigenvalue weighted by molar-refractivity contribution is 5.74. The fraction of sp³-hybridized carbons (Fsp3) is 0.667. The van der Waals surface area contributed by atoms with E-state index in [1.165, 1.54) is 0 Å². The van der Waals surface area contributed by atoms with E-state index < -0.39 is 0 Å². The molecule has 1 saturated heterocycles. The minimum absolute atomic E-state index is 0.0919. The molecular formula is C15H22N4O4. The Balaban J connectivity index is 1.55. The van der Waals surface area contributed by atoms with E-state index >= 15 is 0 Å². The molecule has 0 bridgehead atoms. The van der Waals surface area contributed by atoms with Gasteiger partial charge in [-0.1, -0.05) is 0 Å². The molecular weight excluding hydrogens is 300 g/mol. The van der Waals surface area contributed by atoms with Crippen LogP contribution < -0.4 is 5.32 Å². The van der Waals surface area contributed by atoms with Crippen LogP contribution in [-0.4, -0.2) is 67.0 Å². The van der Waals surface area contributed by atoms with Gasteiger partial charge in [-0.3, -0.25) is 0 Å². The fourth-order valence-corrected chi connectivity index (χ4v) is 2.89. The number of rotatable bonds is 4. The summed E-state index contributed by atoms with van der Waals surface area (Å²) < 4.78 is 16.0. The zero-order valence-electron chi connectivity index (χ0n) is 13.4. The Morgan fingerprint density at radius 3 is 2.83 bits per heavy atom. The van der Waals surface area contributed by atoms with Crippen LogP contribution in [0.3, 0.4) is 0 Å². The van der Waals surface area contributed by atoms with Gasteiger partial charge in [0, 0.05) is 32.4 Å². The number of carbonyl (C=O) groups is 1. The van der Waals surface area contributed by atoms with Crippen LogP contribution in [0.4, 0.5) is 4.79 Å². The summed E-state index contributed by atoms with van der Waals surface area (Å²) in [5, 5.41) is 2.86. The normalized spacial score (nSPS) is 23.7. The van der Waals surface area contributed by atoms with Gasteiger partial charge in [-0.05, 0) is 0 Å². The van der Waals surface area contributed by atoms with E-state index in [-0.39, 0.29) is 18.2 Å². The summed E-state index contributed by atoms with van der Waals surface area (Å²) in [6.45, 7) is 2.58. The van der Waals surface area contributed by atoms with Gasteiger partial charge < -0.3 is 24.4 Å². The molecule has 3 rings (SSSR count). The SMILES string of the molecule is CO[C@H]1CN(C(=O)NCc2ncc3c(n2)CCOC3)C[C@H]1OC. The number of carbonyl (C=O) groups excluding carboxylic acids is 1. The highest BCUT2D eigenvalue weighted by Gasteiger charge is 2.35. The average molecular weight is 322 g/mol. The molecule has 1 aromatic rings. The Kier molecular flexibility index (Phi) is 5.04. The molecule has 2 aliphatic rings. The van der Waals surface area contributed by atoms with Crippen LogP contribution in [0.1, 0.15) is 17.1 Å². The summed E-state index contributed by atoms with van der Waals surface area (Å²) >= 11 is 0. The first-order valence-electron chi connectivity index (χ1n) is 7.71. The minimum Gasteiger partial charge on any atom is -0.377 e. The third-order valence-electron chi connectivity index (χ3n) is 4.25. The van der Waals surface area contributed by atoms with E-state index in [0.717, 1.165) is 17.7 Å². The maximum atomic E-state index is 12.3.